The molecule has 1 N–H and O–H groups in total. The maximum absolute atomic E-state index is 12.5. The van der Waals surface area contributed by atoms with Crippen LogP contribution in [0, 0.1) is 6.92 Å². The highest BCUT2D eigenvalue weighted by molar-refractivity contribution is 5.94. The van der Waals surface area contributed by atoms with Crippen molar-refractivity contribution >= 4 is 17.7 Å². The van der Waals surface area contributed by atoms with E-state index < -0.39 is 0 Å². The lowest BCUT2D eigenvalue weighted by Crippen LogP contribution is -2.34. The normalized spacial score (nSPS) is 21.1. The van der Waals surface area contributed by atoms with Gasteiger partial charge >= 0.3 is 0 Å². The Morgan fingerprint density at radius 2 is 2.20 bits per heavy atom. The Labute approximate surface area is 174 Å². The van der Waals surface area contributed by atoms with Crippen LogP contribution >= 0.6 is 0 Å². The zero-order chi connectivity index (χ0) is 21.1. The number of ether oxygens (including phenoxy) is 3. The summed E-state index contributed by atoms with van der Waals surface area (Å²) in [6, 6.07) is 7.35. The van der Waals surface area contributed by atoms with E-state index in [4.69, 9.17) is 18.7 Å². The number of anilines is 1. The fraction of sp³-hybridized carbons (Fsp3) is 0.476. The fourth-order valence-corrected chi connectivity index (χ4v) is 3.75. The molecule has 1 unspecified atom stereocenters. The molecule has 1 aromatic carbocycles. The molecule has 2 aliphatic rings. The number of hydrogen-bond acceptors (Lipinski definition) is 7. The third-order valence-electron chi connectivity index (χ3n) is 5.28. The van der Waals surface area contributed by atoms with E-state index >= 15 is 0 Å². The first-order chi connectivity index (χ1) is 14.5. The molecule has 4 rings (SSSR count). The molecule has 0 bridgehead atoms. The Kier molecular flexibility index (Phi) is 5.89. The molecule has 0 aliphatic carbocycles. The van der Waals surface area contributed by atoms with E-state index in [1.165, 1.54) is 0 Å². The second-order valence-electron chi connectivity index (χ2n) is 7.57. The maximum atomic E-state index is 12.5. The van der Waals surface area contributed by atoms with E-state index in [0.29, 0.717) is 43.4 Å². The summed E-state index contributed by atoms with van der Waals surface area (Å²) in [4.78, 5) is 26.3. The van der Waals surface area contributed by atoms with Gasteiger partial charge in [-0.15, -0.1) is 0 Å². The van der Waals surface area contributed by atoms with Crippen molar-refractivity contribution in [1.29, 1.82) is 0 Å². The van der Waals surface area contributed by atoms with E-state index in [1.54, 1.807) is 25.0 Å². The number of hydrogen-bond donors (Lipinski definition) is 1. The first-order valence-corrected chi connectivity index (χ1v) is 9.95. The minimum absolute atomic E-state index is 0.000665. The van der Waals surface area contributed by atoms with Gasteiger partial charge in [0.05, 0.1) is 32.6 Å². The molecule has 2 amide bonds. The van der Waals surface area contributed by atoms with Crippen LogP contribution in [-0.4, -0.2) is 61.4 Å². The van der Waals surface area contributed by atoms with Crippen LogP contribution in [0.15, 0.2) is 28.8 Å². The molecule has 2 atom stereocenters. The summed E-state index contributed by atoms with van der Waals surface area (Å²) >= 11 is 0. The molecule has 2 saturated heterocycles. The van der Waals surface area contributed by atoms with Crippen molar-refractivity contribution in [2.24, 2.45) is 0 Å². The Bertz CT molecular complexity index is 921. The lowest BCUT2D eigenvalue weighted by atomic mass is 9.98. The average molecular weight is 415 g/mol. The summed E-state index contributed by atoms with van der Waals surface area (Å²) < 4.78 is 21.8. The molecule has 0 radical (unpaired) electrons. The van der Waals surface area contributed by atoms with Crippen LogP contribution in [0.3, 0.4) is 0 Å². The first-order valence-electron chi connectivity index (χ1n) is 9.95. The summed E-state index contributed by atoms with van der Waals surface area (Å²) in [6.45, 7) is 3.44. The van der Waals surface area contributed by atoms with Crippen LogP contribution < -0.4 is 14.8 Å². The van der Waals surface area contributed by atoms with Crippen molar-refractivity contribution in [3.8, 4) is 11.5 Å². The number of nitrogens with one attached hydrogen (secondary N) is 1. The predicted molar refractivity (Wildman–Crippen MR) is 107 cm³/mol. The SMILES string of the molecule is COc1ccc(C2CC(=O)N(CC(=O)Nc3cc(C)no3)C2)cc1O[C@@H]1CCOC1. The van der Waals surface area contributed by atoms with Crippen LogP contribution in [0.1, 0.15) is 30.0 Å². The minimum Gasteiger partial charge on any atom is -0.493 e. The molecule has 0 spiro atoms. The van der Waals surface area contributed by atoms with E-state index in [2.05, 4.69) is 10.5 Å². The molecule has 9 heteroatoms. The monoisotopic (exact) mass is 415 g/mol. The number of rotatable bonds is 7. The summed E-state index contributed by atoms with van der Waals surface area (Å²) in [7, 11) is 1.60. The number of methoxy groups -OCH3 is 1. The quantitative estimate of drug-likeness (QED) is 0.739. The Morgan fingerprint density at radius 3 is 2.90 bits per heavy atom. The van der Waals surface area contributed by atoms with Gasteiger partial charge in [-0.05, 0) is 24.6 Å². The van der Waals surface area contributed by atoms with Crippen molar-refractivity contribution in [2.75, 3.05) is 38.7 Å². The number of carbonyl (C=O) groups excluding carboxylic acids is 2. The summed E-state index contributed by atoms with van der Waals surface area (Å²) in [5.74, 6) is 1.16. The Morgan fingerprint density at radius 1 is 1.33 bits per heavy atom. The highest BCUT2D eigenvalue weighted by atomic mass is 16.6. The number of benzene rings is 1. The van der Waals surface area contributed by atoms with Crippen LogP contribution in [0.5, 0.6) is 11.5 Å². The van der Waals surface area contributed by atoms with Gasteiger partial charge in [-0.3, -0.25) is 14.9 Å². The largest absolute Gasteiger partial charge is 0.493 e. The molecule has 2 aliphatic heterocycles. The molecular weight excluding hydrogens is 390 g/mol. The highest BCUT2D eigenvalue weighted by Gasteiger charge is 2.32. The number of nitrogens with zero attached hydrogens (tertiary/aromatic N) is 2. The van der Waals surface area contributed by atoms with E-state index in [-0.39, 0.29) is 36.3 Å². The van der Waals surface area contributed by atoms with E-state index in [1.807, 2.05) is 18.2 Å². The molecule has 9 nitrogen and oxygen atoms in total. The van der Waals surface area contributed by atoms with Gasteiger partial charge in [0.1, 0.15) is 6.10 Å². The van der Waals surface area contributed by atoms with Gasteiger partial charge in [0.25, 0.3) is 0 Å². The molecule has 2 aromatic rings. The van der Waals surface area contributed by atoms with Gasteiger partial charge in [-0.25, -0.2) is 0 Å². The Hall–Kier alpha value is -3.07. The molecular formula is C21H25N3O6. The Balaban J connectivity index is 1.40. The standard InChI is InChI=1S/C21H25N3O6/c1-13-7-20(30-23-13)22-19(25)11-24-10-15(9-21(24)26)14-3-4-17(27-2)18(8-14)29-16-5-6-28-12-16/h3-4,7-8,15-16H,5-6,9-12H2,1-2H3,(H,22,25)/t15?,16-/m1/s1. The highest BCUT2D eigenvalue weighted by Crippen LogP contribution is 2.36. The van der Waals surface area contributed by atoms with Crippen LogP contribution in [-0.2, 0) is 14.3 Å². The number of carbonyl (C=O) groups is 2. The predicted octanol–water partition coefficient (Wildman–Crippen LogP) is 2.11. The van der Waals surface area contributed by atoms with Gasteiger partial charge < -0.3 is 23.6 Å². The van der Waals surface area contributed by atoms with Crippen molar-refractivity contribution in [3.05, 3.63) is 35.5 Å². The maximum Gasteiger partial charge on any atom is 0.246 e. The third kappa shape index (κ3) is 4.56. The van der Waals surface area contributed by atoms with Gasteiger partial charge in [0.15, 0.2) is 11.5 Å². The van der Waals surface area contributed by atoms with Crippen molar-refractivity contribution in [1.82, 2.24) is 10.1 Å². The second-order valence-corrected chi connectivity index (χ2v) is 7.57. The smallest absolute Gasteiger partial charge is 0.246 e. The molecule has 2 fully saturated rings. The van der Waals surface area contributed by atoms with Crippen LogP contribution in [0.25, 0.3) is 0 Å². The zero-order valence-corrected chi connectivity index (χ0v) is 17.1. The summed E-state index contributed by atoms with van der Waals surface area (Å²) in [5.41, 5.74) is 1.65. The van der Waals surface area contributed by atoms with Gasteiger partial charge in [-0.2, -0.15) is 0 Å². The van der Waals surface area contributed by atoms with Crippen molar-refractivity contribution in [2.45, 2.75) is 31.8 Å². The summed E-state index contributed by atoms with van der Waals surface area (Å²) in [5, 5.41) is 6.35. The van der Waals surface area contributed by atoms with Gasteiger partial charge in [0, 0.05) is 31.4 Å². The first kappa shape index (κ1) is 20.2. The lowest BCUT2D eigenvalue weighted by Gasteiger charge is -2.18. The number of amides is 2. The van der Waals surface area contributed by atoms with E-state index in [0.717, 1.165) is 12.0 Å². The van der Waals surface area contributed by atoms with Crippen molar-refractivity contribution in [3.63, 3.8) is 0 Å². The summed E-state index contributed by atoms with van der Waals surface area (Å²) in [6.07, 6.45) is 1.18. The number of aromatic nitrogens is 1. The fourth-order valence-electron chi connectivity index (χ4n) is 3.75. The molecule has 1 aromatic heterocycles. The van der Waals surface area contributed by atoms with Gasteiger partial charge in [0.2, 0.25) is 17.7 Å². The molecule has 30 heavy (non-hydrogen) atoms. The van der Waals surface area contributed by atoms with E-state index in [9.17, 15) is 9.59 Å². The number of aryl methyl sites for hydroxylation is 1. The molecule has 3 heterocycles. The second kappa shape index (κ2) is 8.74. The zero-order valence-electron chi connectivity index (χ0n) is 17.1. The number of likely N-dealkylation sites (tertiary alicyclic amines) is 1. The lowest BCUT2D eigenvalue weighted by molar-refractivity contribution is -0.131. The third-order valence-corrected chi connectivity index (χ3v) is 5.28. The average Bonchev–Trinajstić information content (AvgIpc) is 3.45. The molecule has 160 valence electrons. The van der Waals surface area contributed by atoms with Gasteiger partial charge in [-0.1, -0.05) is 11.2 Å². The van der Waals surface area contributed by atoms with Crippen LogP contribution in [0.4, 0.5) is 5.88 Å². The van der Waals surface area contributed by atoms with Crippen molar-refractivity contribution < 1.29 is 28.3 Å². The molecule has 0 saturated carbocycles. The topological polar surface area (TPSA) is 103 Å². The minimum atomic E-state index is -0.319. The van der Waals surface area contributed by atoms with Crippen LogP contribution in [0.2, 0.25) is 0 Å².